The molecule has 1 aliphatic carbocycles. The molecule has 2 aliphatic heterocycles. The molecule has 1 aromatic heterocycles. The van der Waals surface area contributed by atoms with Crippen LogP contribution < -0.4 is 9.89 Å². The molecule has 1 atom stereocenters. The van der Waals surface area contributed by atoms with Crippen LogP contribution in [-0.2, 0) is 12.8 Å². The van der Waals surface area contributed by atoms with E-state index in [0.29, 0.717) is 0 Å². The number of nitrogens with zero attached hydrogens (tertiary/aromatic N) is 2. The lowest BCUT2D eigenvalue weighted by molar-refractivity contribution is 0.339. The van der Waals surface area contributed by atoms with E-state index < -0.39 is 0 Å². The molecule has 3 heterocycles. The number of thiophene rings is 1. The normalized spacial score (nSPS) is 25.8. The fourth-order valence-electron chi connectivity index (χ4n) is 3.07. The summed E-state index contributed by atoms with van der Waals surface area (Å²) in [7, 11) is 0. The summed E-state index contributed by atoms with van der Waals surface area (Å²) in [4.78, 5) is 9.92. The lowest BCUT2D eigenvalue weighted by Crippen LogP contribution is -2.47. The largest absolute Gasteiger partial charge is 0.351 e. The number of aryl methyl sites for hydroxylation is 1. The van der Waals surface area contributed by atoms with Crippen LogP contribution in [0.5, 0.6) is 0 Å². The van der Waals surface area contributed by atoms with Gasteiger partial charge in [-0.3, -0.25) is 0 Å². The van der Waals surface area contributed by atoms with Gasteiger partial charge >= 0.3 is 0 Å². The number of hydrogen-bond acceptors (Lipinski definition) is 4. The molecule has 0 aromatic carbocycles. The second-order valence-corrected chi connectivity index (χ2v) is 6.62. The Balaban J connectivity index is 1.93. The minimum absolute atomic E-state index is 0.157. The van der Waals surface area contributed by atoms with Crippen LogP contribution in [0.1, 0.15) is 29.7 Å². The zero-order valence-corrected chi connectivity index (χ0v) is 11.2. The van der Waals surface area contributed by atoms with Crippen molar-refractivity contribution in [3.05, 3.63) is 20.3 Å². The Labute approximate surface area is 110 Å². The zero-order valence-electron chi connectivity index (χ0n) is 9.61. The summed E-state index contributed by atoms with van der Waals surface area (Å²) in [6, 6.07) is 0. The van der Waals surface area contributed by atoms with E-state index in [4.69, 9.17) is 17.2 Å². The van der Waals surface area contributed by atoms with Gasteiger partial charge in [0, 0.05) is 27.7 Å². The van der Waals surface area contributed by atoms with E-state index in [2.05, 4.69) is 11.1 Å². The standard InChI is InChI=1S/C13H14N2S2/c16-10-4-2-6-15-7-9-8-3-1-5-11(8)17-13(9)14-12(10)15/h7,12H,1-6H2. The van der Waals surface area contributed by atoms with Gasteiger partial charge in [-0.2, -0.15) is 0 Å². The maximum absolute atomic E-state index is 5.46. The molecule has 4 heteroatoms. The molecular weight excluding hydrogens is 248 g/mol. The van der Waals surface area contributed by atoms with E-state index >= 15 is 0 Å². The first-order chi connectivity index (χ1) is 8.33. The Morgan fingerprint density at radius 2 is 2.24 bits per heavy atom. The first-order valence-electron chi connectivity index (χ1n) is 6.31. The molecule has 88 valence electrons. The lowest BCUT2D eigenvalue weighted by Gasteiger charge is -2.34. The summed E-state index contributed by atoms with van der Waals surface area (Å²) < 4.78 is 1.24. The van der Waals surface area contributed by atoms with Crippen molar-refractivity contribution < 1.29 is 0 Å². The van der Waals surface area contributed by atoms with Crippen LogP contribution in [0.15, 0.2) is 4.99 Å². The van der Waals surface area contributed by atoms with Crippen molar-refractivity contribution in [1.82, 2.24) is 4.90 Å². The summed E-state index contributed by atoms with van der Waals surface area (Å²) in [6.45, 7) is 1.11. The van der Waals surface area contributed by atoms with E-state index in [-0.39, 0.29) is 6.17 Å². The number of piperidine rings is 1. The van der Waals surface area contributed by atoms with E-state index in [0.717, 1.165) is 17.8 Å². The number of hydrogen-bond donors (Lipinski definition) is 0. The smallest absolute Gasteiger partial charge is 0.154 e. The Kier molecular flexibility index (Phi) is 2.18. The van der Waals surface area contributed by atoms with Crippen molar-refractivity contribution in [2.24, 2.45) is 4.99 Å². The van der Waals surface area contributed by atoms with Gasteiger partial charge in [0.15, 0.2) is 6.17 Å². The first-order valence-corrected chi connectivity index (χ1v) is 7.54. The fraction of sp³-hybridized carbons (Fsp3) is 0.538. The first kappa shape index (κ1) is 10.2. The molecule has 1 fully saturated rings. The second-order valence-electron chi connectivity index (χ2n) is 5.02. The lowest BCUT2D eigenvalue weighted by atomic mass is 10.1. The Hall–Kier alpha value is -0.740. The molecule has 1 saturated heterocycles. The van der Waals surface area contributed by atoms with Crippen molar-refractivity contribution in [3.8, 4) is 0 Å². The Bertz CT molecular complexity index is 614. The van der Waals surface area contributed by atoms with Gasteiger partial charge in [0.1, 0.15) is 4.67 Å². The molecule has 1 aromatic rings. The molecule has 0 N–H and O–H groups in total. The minimum atomic E-state index is 0.157. The van der Waals surface area contributed by atoms with Crippen LogP contribution in [0.2, 0.25) is 0 Å². The second kappa shape index (κ2) is 3.62. The van der Waals surface area contributed by atoms with E-state index in [1.54, 1.807) is 10.4 Å². The van der Waals surface area contributed by atoms with Gasteiger partial charge in [0.2, 0.25) is 0 Å². The van der Waals surface area contributed by atoms with E-state index in [9.17, 15) is 0 Å². The summed E-state index contributed by atoms with van der Waals surface area (Å²) in [5.41, 5.74) is 1.57. The summed E-state index contributed by atoms with van der Waals surface area (Å²) in [5, 5.41) is 1.41. The van der Waals surface area contributed by atoms with E-state index in [1.807, 2.05) is 11.3 Å². The minimum Gasteiger partial charge on any atom is -0.351 e. The number of thiocarbonyl (C=S) groups is 1. The van der Waals surface area contributed by atoms with Gasteiger partial charge in [-0.05, 0) is 37.7 Å². The van der Waals surface area contributed by atoms with Gasteiger partial charge in [-0.25, -0.2) is 4.99 Å². The quantitative estimate of drug-likeness (QED) is 0.657. The van der Waals surface area contributed by atoms with Crippen molar-refractivity contribution in [2.75, 3.05) is 6.54 Å². The summed E-state index contributed by atoms with van der Waals surface area (Å²) in [6.07, 6.45) is 8.56. The van der Waals surface area contributed by atoms with Crippen LogP contribution in [0, 0.1) is 0 Å². The molecule has 0 spiro atoms. The van der Waals surface area contributed by atoms with Crippen molar-refractivity contribution >= 4 is 34.6 Å². The van der Waals surface area contributed by atoms with Crippen LogP contribution in [0.3, 0.4) is 0 Å². The van der Waals surface area contributed by atoms with Crippen LogP contribution in [0.25, 0.3) is 6.20 Å². The topological polar surface area (TPSA) is 15.6 Å². The summed E-state index contributed by atoms with van der Waals surface area (Å²) in [5.74, 6) is 0. The maximum Gasteiger partial charge on any atom is 0.154 e. The summed E-state index contributed by atoms with van der Waals surface area (Å²) >= 11 is 7.36. The van der Waals surface area contributed by atoms with Crippen molar-refractivity contribution in [1.29, 1.82) is 0 Å². The predicted molar refractivity (Wildman–Crippen MR) is 73.9 cm³/mol. The van der Waals surface area contributed by atoms with Gasteiger partial charge in [0.25, 0.3) is 0 Å². The van der Waals surface area contributed by atoms with Crippen molar-refractivity contribution in [3.63, 3.8) is 0 Å². The molecule has 0 amide bonds. The molecular formula is C13H14N2S2. The number of fused-ring (bicyclic) bond motifs is 4. The molecule has 0 radical (unpaired) electrons. The predicted octanol–water partition coefficient (Wildman–Crippen LogP) is 1.40. The molecule has 2 nitrogen and oxygen atoms in total. The highest BCUT2D eigenvalue weighted by Gasteiger charge is 2.28. The highest BCUT2D eigenvalue weighted by atomic mass is 32.1. The van der Waals surface area contributed by atoms with Crippen LogP contribution in [-0.4, -0.2) is 22.5 Å². The van der Waals surface area contributed by atoms with Gasteiger partial charge < -0.3 is 4.90 Å². The highest BCUT2D eigenvalue weighted by molar-refractivity contribution is 7.80. The molecule has 0 bridgehead atoms. The van der Waals surface area contributed by atoms with Crippen LogP contribution >= 0.6 is 23.6 Å². The monoisotopic (exact) mass is 262 g/mol. The maximum atomic E-state index is 5.46. The zero-order chi connectivity index (χ0) is 11.4. The highest BCUT2D eigenvalue weighted by Crippen LogP contribution is 2.24. The number of rotatable bonds is 0. The molecule has 17 heavy (non-hydrogen) atoms. The van der Waals surface area contributed by atoms with Crippen LogP contribution in [0.4, 0.5) is 0 Å². The third kappa shape index (κ3) is 1.43. The molecule has 0 saturated carbocycles. The fourth-order valence-corrected chi connectivity index (χ4v) is 4.66. The molecule has 4 rings (SSSR count). The van der Waals surface area contributed by atoms with Gasteiger partial charge in [-0.1, -0.05) is 12.2 Å². The third-order valence-electron chi connectivity index (χ3n) is 3.92. The van der Waals surface area contributed by atoms with Crippen molar-refractivity contribution in [2.45, 2.75) is 38.3 Å². The van der Waals surface area contributed by atoms with E-state index in [1.165, 1.54) is 35.6 Å². The Morgan fingerprint density at radius 3 is 3.18 bits per heavy atom. The van der Waals surface area contributed by atoms with Gasteiger partial charge in [0.05, 0.1) is 0 Å². The average Bonchev–Trinajstić information content (AvgIpc) is 2.88. The third-order valence-corrected chi connectivity index (χ3v) is 5.55. The van der Waals surface area contributed by atoms with Gasteiger partial charge in [-0.15, -0.1) is 11.3 Å². The molecule has 3 aliphatic rings. The Morgan fingerprint density at radius 1 is 1.29 bits per heavy atom. The SMILES string of the molecule is S=C1CCCN2C=c3c4c(sc3=NC12)CCC4. The average molecular weight is 262 g/mol. The molecule has 1 unspecified atom stereocenters.